The third kappa shape index (κ3) is 7.42. The molecule has 0 radical (unpaired) electrons. The highest BCUT2D eigenvalue weighted by Crippen LogP contribution is 2.31. The molecule has 0 aliphatic heterocycles. The molecule has 0 heterocycles. The van der Waals surface area contributed by atoms with Gasteiger partial charge in [-0.2, -0.15) is 4.39 Å². The summed E-state index contributed by atoms with van der Waals surface area (Å²) in [5, 5.41) is 16.0. The number of aliphatic carboxylic acids is 1. The van der Waals surface area contributed by atoms with Crippen molar-refractivity contribution in [3.63, 3.8) is 0 Å². The van der Waals surface area contributed by atoms with Crippen molar-refractivity contribution >= 4 is 35.2 Å². The molecule has 0 bridgehead atoms. The van der Waals surface area contributed by atoms with Crippen LogP contribution in [0.3, 0.4) is 0 Å². The Morgan fingerprint density at radius 2 is 1.64 bits per heavy atom. The van der Waals surface area contributed by atoms with Crippen LogP contribution in [0.1, 0.15) is 49.7 Å². The molecular formula is C28H29F4N3O7. The summed E-state index contributed by atoms with van der Waals surface area (Å²) in [6.45, 7) is 1.63. The second-order valence-corrected chi connectivity index (χ2v) is 9.95. The van der Waals surface area contributed by atoms with Gasteiger partial charge >= 0.3 is 17.8 Å². The zero-order valence-corrected chi connectivity index (χ0v) is 22.7. The van der Waals surface area contributed by atoms with Crippen LogP contribution >= 0.6 is 0 Å². The van der Waals surface area contributed by atoms with Crippen LogP contribution in [0.25, 0.3) is 0 Å². The lowest BCUT2D eigenvalue weighted by atomic mass is 9.94. The molecule has 1 aliphatic carbocycles. The van der Waals surface area contributed by atoms with Gasteiger partial charge in [-0.05, 0) is 44.7 Å². The number of hydrogen-bond donors (Lipinski definition) is 4. The van der Waals surface area contributed by atoms with Gasteiger partial charge in [-0.1, -0.05) is 25.0 Å². The first kappa shape index (κ1) is 32.0. The summed E-state index contributed by atoms with van der Waals surface area (Å²) < 4.78 is 60.8. The molecule has 1 atom stereocenters. The van der Waals surface area contributed by atoms with E-state index in [9.17, 15) is 41.5 Å². The first-order valence-corrected chi connectivity index (χ1v) is 13.0. The first-order chi connectivity index (χ1) is 19.8. The summed E-state index contributed by atoms with van der Waals surface area (Å²) in [6.07, 6.45) is 0.0477. The number of carbonyl (C=O) groups is 5. The summed E-state index contributed by atoms with van der Waals surface area (Å²) in [7, 11) is 0. The Kier molecular flexibility index (Phi) is 10.3. The van der Waals surface area contributed by atoms with E-state index >= 15 is 0 Å². The van der Waals surface area contributed by atoms with Gasteiger partial charge in [-0.25, -0.2) is 13.2 Å². The molecule has 14 heteroatoms. The van der Waals surface area contributed by atoms with Crippen LogP contribution in [-0.2, 0) is 24.0 Å². The largest absolute Gasteiger partial charge is 0.482 e. The highest BCUT2D eigenvalue weighted by atomic mass is 19.2. The molecule has 1 fully saturated rings. The van der Waals surface area contributed by atoms with Gasteiger partial charge in [0.15, 0.2) is 17.3 Å². The zero-order valence-electron chi connectivity index (χ0n) is 22.7. The van der Waals surface area contributed by atoms with Crippen LogP contribution in [0, 0.1) is 37.1 Å². The standard InChI is InChI=1S/C28H29F4N3O7/c1-14-6-5-7-16(29)23(14)34-25(39)26(40)35-28(10-3-4-11-28)27(41)33-19(8-9-21(37)38)20(36)13-42-24-15(2)17(30)12-18(31)22(24)32/h5-7,12,19H,3-4,8-11,13H2,1-2H3,(H,33,41)(H,34,39)(H,35,40)(H,37,38)/t19-/m0/s1. The number of anilines is 1. The summed E-state index contributed by atoms with van der Waals surface area (Å²) in [5.74, 6) is -11.5. The van der Waals surface area contributed by atoms with Gasteiger partial charge in [0.25, 0.3) is 0 Å². The van der Waals surface area contributed by atoms with E-state index in [1.165, 1.54) is 19.1 Å². The molecule has 226 valence electrons. The van der Waals surface area contributed by atoms with Gasteiger partial charge in [-0.15, -0.1) is 0 Å². The summed E-state index contributed by atoms with van der Waals surface area (Å²) in [6, 6.07) is 2.81. The van der Waals surface area contributed by atoms with Gasteiger partial charge in [-0.3, -0.25) is 24.0 Å². The first-order valence-electron chi connectivity index (χ1n) is 13.0. The highest BCUT2D eigenvalue weighted by Gasteiger charge is 2.44. The van der Waals surface area contributed by atoms with Crippen molar-refractivity contribution < 1.29 is 51.4 Å². The maximum Gasteiger partial charge on any atom is 0.313 e. The predicted octanol–water partition coefficient (Wildman–Crippen LogP) is 3.23. The van der Waals surface area contributed by atoms with Gasteiger partial charge in [0.2, 0.25) is 11.7 Å². The molecule has 2 aromatic rings. The number of ether oxygens (including phenoxy) is 1. The molecule has 10 nitrogen and oxygen atoms in total. The van der Waals surface area contributed by atoms with Crippen molar-refractivity contribution in [1.82, 2.24) is 10.6 Å². The number of rotatable bonds is 11. The number of para-hydroxylation sites is 1. The SMILES string of the molecule is Cc1cccc(F)c1NC(=O)C(=O)NC1(C(=O)N[C@@H](CCC(=O)O)C(=O)COc2c(C)c(F)cc(F)c2F)CCCC1. The Morgan fingerprint density at radius 1 is 0.976 bits per heavy atom. The monoisotopic (exact) mass is 595 g/mol. The van der Waals surface area contributed by atoms with Crippen molar-refractivity contribution in [1.29, 1.82) is 0 Å². The summed E-state index contributed by atoms with van der Waals surface area (Å²) in [5.41, 5.74) is -1.94. The maximum absolute atomic E-state index is 14.2. The van der Waals surface area contributed by atoms with E-state index in [-0.39, 0.29) is 18.5 Å². The fraction of sp³-hybridized carbons (Fsp3) is 0.393. The van der Waals surface area contributed by atoms with Crippen molar-refractivity contribution in [3.8, 4) is 5.75 Å². The van der Waals surface area contributed by atoms with E-state index in [0.29, 0.717) is 24.5 Å². The fourth-order valence-electron chi connectivity index (χ4n) is 4.58. The minimum Gasteiger partial charge on any atom is -0.482 e. The van der Waals surface area contributed by atoms with E-state index in [2.05, 4.69) is 16.0 Å². The Hall–Kier alpha value is -4.49. The zero-order chi connectivity index (χ0) is 31.2. The quantitative estimate of drug-likeness (QED) is 0.177. The molecule has 4 N–H and O–H groups in total. The Bertz CT molecular complexity index is 1360. The molecule has 1 saturated carbocycles. The van der Waals surface area contributed by atoms with Crippen LogP contribution in [0.15, 0.2) is 24.3 Å². The lowest BCUT2D eigenvalue weighted by Gasteiger charge is -2.30. The lowest BCUT2D eigenvalue weighted by Crippen LogP contribution is -2.61. The van der Waals surface area contributed by atoms with Crippen molar-refractivity contribution in [3.05, 3.63) is 58.7 Å². The molecule has 42 heavy (non-hydrogen) atoms. The Labute approximate surface area is 237 Å². The number of carboxylic acids is 1. The average molecular weight is 596 g/mol. The van der Waals surface area contributed by atoms with Crippen LogP contribution in [0.2, 0.25) is 0 Å². The summed E-state index contributed by atoms with van der Waals surface area (Å²) >= 11 is 0. The molecule has 3 rings (SSSR count). The molecule has 3 amide bonds. The third-order valence-corrected chi connectivity index (χ3v) is 6.97. The second kappa shape index (κ2) is 13.4. The smallest absolute Gasteiger partial charge is 0.313 e. The van der Waals surface area contributed by atoms with E-state index in [1.807, 2.05) is 0 Å². The number of benzene rings is 2. The van der Waals surface area contributed by atoms with E-state index in [4.69, 9.17) is 9.84 Å². The molecular weight excluding hydrogens is 566 g/mol. The van der Waals surface area contributed by atoms with E-state index < -0.39 is 95.1 Å². The number of aryl methyl sites for hydroxylation is 1. The third-order valence-electron chi connectivity index (χ3n) is 6.97. The number of ketones is 1. The van der Waals surface area contributed by atoms with Crippen molar-refractivity contribution in [2.75, 3.05) is 11.9 Å². The van der Waals surface area contributed by atoms with Gasteiger partial charge in [0.05, 0.1) is 11.7 Å². The highest BCUT2D eigenvalue weighted by molar-refractivity contribution is 6.40. The molecule has 1 aliphatic rings. The molecule has 2 aromatic carbocycles. The normalized spacial score (nSPS) is 14.5. The second-order valence-electron chi connectivity index (χ2n) is 9.95. The Balaban J connectivity index is 1.75. The minimum absolute atomic E-state index is 0.0693. The minimum atomic E-state index is -1.66. The molecule has 0 unspecified atom stereocenters. The number of carboxylic acid groups (broad SMARTS) is 1. The van der Waals surface area contributed by atoms with Crippen LogP contribution in [-0.4, -0.2) is 52.8 Å². The molecule has 0 spiro atoms. The number of hydrogen-bond acceptors (Lipinski definition) is 6. The topological polar surface area (TPSA) is 151 Å². The molecule has 0 saturated heterocycles. The maximum atomic E-state index is 14.2. The van der Waals surface area contributed by atoms with E-state index in [0.717, 1.165) is 13.0 Å². The number of halogens is 4. The number of amides is 3. The van der Waals surface area contributed by atoms with Gasteiger partial charge in [0, 0.05) is 18.1 Å². The lowest BCUT2D eigenvalue weighted by molar-refractivity contribution is -0.141. The van der Waals surface area contributed by atoms with Gasteiger partial charge in [0.1, 0.15) is 23.8 Å². The van der Waals surface area contributed by atoms with Crippen LogP contribution in [0.5, 0.6) is 5.75 Å². The summed E-state index contributed by atoms with van der Waals surface area (Å²) in [4.78, 5) is 62.8. The number of carbonyl (C=O) groups excluding carboxylic acids is 4. The number of nitrogens with one attached hydrogen (secondary N) is 3. The van der Waals surface area contributed by atoms with Crippen molar-refractivity contribution in [2.24, 2.45) is 0 Å². The molecule has 0 aromatic heterocycles. The predicted molar refractivity (Wildman–Crippen MR) is 139 cm³/mol. The Morgan fingerprint density at radius 3 is 2.26 bits per heavy atom. The van der Waals surface area contributed by atoms with Crippen molar-refractivity contribution in [2.45, 2.75) is 64.0 Å². The van der Waals surface area contributed by atoms with Crippen LogP contribution < -0.4 is 20.7 Å². The van der Waals surface area contributed by atoms with Crippen LogP contribution in [0.4, 0.5) is 23.2 Å². The number of Topliss-reactive ketones (excluding diaryl/α,β-unsaturated/α-hetero) is 1. The average Bonchev–Trinajstić information content (AvgIpc) is 3.41. The fourth-order valence-corrected chi connectivity index (χ4v) is 4.58. The van der Waals surface area contributed by atoms with E-state index in [1.54, 1.807) is 0 Å². The van der Waals surface area contributed by atoms with Gasteiger partial charge < -0.3 is 25.8 Å².